The van der Waals surface area contributed by atoms with E-state index in [1.807, 2.05) is 0 Å². The van der Waals surface area contributed by atoms with Crippen LogP contribution in [-0.2, 0) is 9.59 Å². The van der Waals surface area contributed by atoms with Crippen LogP contribution in [0.15, 0.2) is 0 Å². The number of carboxylic acids is 2. The highest BCUT2D eigenvalue weighted by molar-refractivity contribution is 5.93. The van der Waals surface area contributed by atoms with Crippen molar-refractivity contribution in [1.82, 2.24) is 0 Å². The third-order valence-corrected chi connectivity index (χ3v) is 2.15. The summed E-state index contributed by atoms with van der Waals surface area (Å²) < 4.78 is 0. The minimum Gasteiger partial charge on any atom is -0.481 e. The largest absolute Gasteiger partial charge is 0.481 e. The molecule has 62 valence electrons. The van der Waals surface area contributed by atoms with Crippen LogP contribution in [0.1, 0.15) is 19.3 Å². The van der Waals surface area contributed by atoms with Crippen LogP contribution in [0, 0.1) is 11.8 Å². The van der Waals surface area contributed by atoms with Crippen LogP contribution in [0.25, 0.3) is 0 Å². The van der Waals surface area contributed by atoms with Gasteiger partial charge in [0, 0.05) is 0 Å². The average molecular weight is 158 g/mol. The maximum Gasteiger partial charge on any atom is 0.318 e. The van der Waals surface area contributed by atoms with Crippen molar-refractivity contribution in [2.45, 2.75) is 19.3 Å². The number of aliphatic carboxylic acids is 2. The van der Waals surface area contributed by atoms with Crippen LogP contribution in [0.3, 0.4) is 0 Å². The Labute approximate surface area is 63.8 Å². The van der Waals surface area contributed by atoms with Crippen molar-refractivity contribution >= 4 is 11.9 Å². The third kappa shape index (κ3) is 1.50. The summed E-state index contributed by atoms with van der Waals surface area (Å²) in [6.07, 6.45) is 2.44. The van der Waals surface area contributed by atoms with Crippen LogP contribution in [0.4, 0.5) is 0 Å². The summed E-state index contributed by atoms with van der Waals surface area (Å²) in [6.45, 7) is 0. The summed E-state index contributed by atoms with van der Waals surface area (Å²) in [5.74, 6) is -3.72. The van der Waals surface area contributed by atoms with Gasteiger partial charge in [-0.15, -0.1) is 0 Å². The van der Waals surface area contributed by atoms with Crippen LogP contribution in [-0.4, -0.2) is 22.2 Å². The highest BCUT2D eigenvalue weighted by atomic mass is 16.4. The smallest absolute Gasteiger partial charge is 0.318 e. The van der Waals surface area contributed by atoms with Crippen LogP contribution < -0.4 is 0 Å². The molecule has 1 aliphatic rings. The quantitative estimate of drug-likeness (QED) is 0.589. The van der Waals surface area contributed by atoms with Crippen molar-refractivity contribution in [3.05, 3.63) is 0 Å². The van der Waals surface area contributed by atoms with E-state index in [9.17, 15) is 9.59 Å². The summed E-state index contributed by atoms with van der Waals surface area (Å²) in [5.41, 5.74) is 0. The summed E-state index contributed by atoms with van der Waals surface area (Å²) in [4.78, 5) is 20.8. The second kappa shape index (κ2) is 2.90. The maximum absolute atomic E-state index is 10.4. The van der Waals surface area contributed by atoms with Gasteiger partial charge >= 0.3 is 11.9 Å². The van der Waals surface area contributed by atoms with Crippen molar-refractivity contribution in [3.63, 3.8) is 0 Å². The Hall–Kier alpha value is -1.06. The zero-order valence-electron chi connectivity index (χ0n) is 5.99. The molecule has 0 aromatic heterocycles. The Morgan fingerprint density at radius 1 is 1.18 bits per heavy atom. The predicted octanol–water partition coefficient (Wildman–Crippen LogP) is 0.572. The molecule has 4 heteroatoms. The zero-order chi connectivity index (χ0) is 8.43. The Bertz CT molecular complexity index is 169. The predicted molar refractivity (Wildman–Crippen MR) is 36.1 cm³/mol. The Kier molecular flexibility index (Phi) is 2.12. The lowest BCUT2D eigenvalue weighted by molar-refractivity contribution is -0.158. The van der Waals surface area contributed by atoms with Gasteiger partial charge in [-0.2, -0.15) is 0 Å². The molecular formula is C7H10O4. The fourth-order valence-electron chi connectivity index (χ4n) is 1.28. The third-order valence-electron chi connectivity index (χ3n) is 2.15. The highest BCUT2D eigenvalue weighted by Crippen LogP contribution is 2.33. The normalized spacial score (nSPS) is 17.9. The molecule has 11 heavy (non-hydrogen) atoms. The van der Waals surface area contributed by atoms with Crippen molar-refractivity contribution in [2.75, 3.05) is 0 Å². The molecule has 1 aliphatic carbocycles. The minimum absolute atomic E-state index is 0.134. The van der Waals surface area contributed by atoms with Gasteiger partial charge in [0.25, 0.3) is 0 Å². The van der Waals surface area contributed by atoms with E-state index in [1.165, 1.54) is 0 Å². The number of rotatable bonds is 3. The van der Waals surface area contributed by atoms with E-state index in [2.05, 4.69) is 0 Å². The molecule has 1 rings (SSSR count). The fraction of sp³-hybridized carbons (Fsp3) is 0.714. The number of carbonyl (C=O) groups is 2. The summed E-state index contributed by atoms with van der Waals surface area (Å²) in [6, 6.07) is 0. The Morgan fingerprint density at radius 2 is 1.64 bits per heavy atom. The van der Waals surface area contributed by atoms with Gasteiger partial charge in [-0.3, -0.25) is 9.59 Å². The van der Waals surface area contributed by atoms with E-state index in [0.717, 1.165) is 19.3 Å². The molecule has 0 aliphatic heterocycles. The van der Waals surface area contributed by atoms with Gasteiger partial charge in [0.15, 0.2) is 5.92 Å². The molecule has 0 aromatic carbocycles. The lowest BCUT2D eigenvalue weighted by atomic mass is 9.76. The van der Waals surface area contributed by atoms with Gasteiger partial charge in [-0.25, -0.2) is 0 Å². The summed E-state index contributed by atoms with van der Waals surface area (Å²) in [5, 5.41) is 17.0. The van der Waals surface area contributed by atoms with Crippen molar-refractivity contribution < 1.29 is 19.8 Å². The number of hydrogen-bond acceptors (Lipinski definition) is 2. The van der Waals surface area contributed by atoms with E-state index in [1.54, 1.807) is 0 Å². The van der Waals surface area contributed by atoms with Crippen molar-refractivity contribution in [1.29, 1.82) is 0 Å². The molecule has 1 saturated carbocycles. The van der Waals surface area contributed by atoms with Gasteiger partial charge in [0.05, 0.1) is 0 Å². The summed E-state index contributed by atoms with van der Waals surface area (Å²) in [7, 11) is 0. The highest BCUT2D eigenvalue weighted by Gasteiger charge is 2.37. The minimum atomic E-state index is -1.21. The monoisotopic (exact) mass is 158 g/mol. The topological polar surface area (TPSA) is 74.6 Å². The van der Waals surface area contributed by atoms with Gasteiger partial charge in [0.1, 0.15) is 0 Å². The fourth-order valence-corrected chi connectivity index (χ4v) is 1.28. The van der Waals surface area contributed by atoms with Gasteiger partial charge in [-0.05, 0) is 18.8 Å². The molecule has 1 fully saturated rings. The van der Waals surface area contributed by atoms with Crippen LogP contribution >= 0.6 is 0 Å². The molecule has 2 N–H and O–H groups in total. The van der Waals surface area contributed by atoms with E-state index in [-0.39, 0.29) is 5.92 Å². The second-order valence-electron chi connectivity index (χ2n) is 2.85. The lowest BCUT2D eigenvalue weighted by Gasteiger charge is -2.28. The van der Waals surface area contributed by atoms with Gasteiger partial charge < -0.3 is 10.2 Å². The van der Waals surface area contributed by atoms with E-state index >= 15 is 0 Å². The second-order valence-corrected chi connectivity index (χ2v) is 2.85. The molecule has 0 bridgehead atoms. The maximum atomic E-state index is 10.4. The van der Waals surface area contributed by atoms with Crippen LogP contribution in [0.5, 0.6) is 0 Å². The Morgan fingerprint density at radius 3 is 1.73 bits per heavy atom. The van der Waals surface area contributed by atoms with E-state index in [0.29, 0.717) is 0 Å². The molecule has 0 saturated heterocycles. The molecule has 0 radical (unpaired) electrons. The van der Waals surface area contributed by atoms with Crippen molar-refractivity contribution in [2.24, 2.45) is 11.8 Å². The molecule has 4 nitrogen and oxygen atoms in total. The molecule has 0 heterocycles. The summed E-state index contributed by atoms with van der Waals surface area (Å²) >= 11 is 0. The number of carboxylic acid groups (broad SMARTS) is 2. The zero-order valence-corrected chi connectivity index (χ0v) is 5.99. The molecule has 0 unspecified atom stereocenters. The molecule has 0 aromatic rings. The molecule has 0 atom stereocenters. The average Bonchev–Trinajstić information content (AvgIpc) is 1.75. The molecule has 0 spiro atoms. The first-order valence-electron chi connectivity index (χ1n) is 3.58. The standard InChI is InChI=1S/C7H10O4/c8-6(9)5(7(10)11)4-2-1-3-4/h4-5H,1-3H2,(H,8,9)(H,10,11). The van der Waals surface area contributed by atoms with Gasteiger partial charge in [-0.1, -0.05) is 6.42 Å². The van der Waals surface area contributed by atoms with Gasteiger partial charge in [0.2, 0.25) is 0 Å². The Balaban J connectivity index is 2.58. The van der Waals surface area contributed by atoms with E-state index < -0.39 is 17.9 Å². The first-order chi connectivity index (χ1) is 5.13. The lowest BCUT2D eigenvalue weighted by Crippen LogP contribution is -2.34. The SMILES string of the molecule is O=C(O)C(C(=O)O)C1CCC1. The van der Waals surface area contributed by atoms with Crippen molar-refractivity contribution in [3.8, 4) is 0 Å². The van der Waals surface area contributed by atoms with Crippen LogP contribution in [0.2, 0.25) is 0 Å². The molecule has 0 amide bonds. The first-order valence-corrected chi connectivity index (χ1v) is 3.58. The number of hydrogen-bond donors (Lipinski definition) is 2. The first kappa shape index (κ1) is 8.04. The van der Waals surface area contributed by atoms with E-state index in [4.69, 9.17) is 10.2 Å². The molecular weight excluding hydrogens is 148 g/mol.